The van der Waals surface area contributed by atoms with Gasteiger partial charge in [-0.15, -0.1) is 0 Å². The van der Waals surface area contributed by atoms with Crippen LogP contribution in [0.1, 0.15) is 18.9 Å². The maximum absolute atomic E-state index is 12.7. The Morgan fingerprint density at radius 1 is 1.43 bits per heavy atom. The van der Waals surface area contributed by atoms with Gasteiger partial charge in [0.15, 0.2) is 5.82 Å². The minimum Gasteiger partial charge on any atom is -0.312 e. The van der Waals surface area contributed by atoms with Crippen LogP contribution < -0.4 is 9.80 Å². The second-order valence-electron chi connectivity index (χ2n) is 5.20. The van der Waals surface area contributed by atoms with Crippen molar-refractivity contribution in [3.8, 4) is 6.07 Å². The van der Waals surface area contributed by atoms with E-state index < -0.39 is 6.04 Å². The third kappa shape index (κ3) is 2.49. The van der Waals surface area contributed by atoms with Crippen LogP contribution in [0.4, 0.5) is 17.2 Å². The van der Waals surface area contributed by atoms with Gasteiger partial charge < -0.3 is 9.80 Å². The average molecular weight is 328 g/mol. The molecular weight excluding hydrogens is 314 g/mol. The fraction of sp³-hybridized carbons (Fsp3) is 0.250. The number of carbonyl (C=O) groups excluding carboxylic acids is 1. The molecule has 6 nitrogen and oxygen atoms in total. The van der Waals surface area contributed by atoms with Crippen LogP contribution in [0, 0.1) is 11.3 Å². The summed E-state index contributed by atoms with van der Waals surface area (Å²) in [5.41, 5.74) is 1.84. The summed E-state index contributed by atoms with van der Waals surface area (Å²) in [6.07, 6.45) is 2.14. The molecule has 0 saturated carbocycles. The Kier molecular flexibility index (Phi) is 3.89. The van der Waals surface area contributed by atoms with E-state index in [-0.39, 0.29) is 11.2 Å². The number of carbonyl (C=O) groups is 1. The number of anilines is 3. The number of halogens is 1. The number of nitrogens with zero attached hydrogens (tertiary/aromatic N) is 5. The van der Waals surface area contributed by atoms with Crippen molar-refractivity contribution in [1.82, 2.24) is 9.97 Å². The minimum atomic E-state index is -0.410. The number of nitriles is 1. The summed E-state index contributed by atoms with van der Waals surface area (Å²) < 4.78 is 0. The Morgan fingerprint density at radius 3 is 2.91 bits per heavy atom. The molecule has 0 aliphatic carbocycles. The quantitative estimate of drug-likeness (QED) is 0.793. The number of rotatable bonds is 2. The molecule has 3 rings (SSSR count). The second-order valence-corrected chi connectivity index (χ2v) is 5.54. The van der Waals surface area contributed by atoms with E-state index in [0.717, 1.165) is 5.69 Å². The van der Waals surface area contributed by atoms with Gasteiger partial charge in [-0.3, -0.25) is 4.79 Å². The van der Waals surface area contributed by atoms with Crippen LogP contribution in [0.25, 0.3) is 0 Å². The molecule has 1 atom stereocenters. The predicted octanol–water partition coefficient (Wildman–Crippen LogP) is 2.89. The second kappa shape index (κ2) is 5.86. The number of amides is 1. The zero-order valence-corrected chi connectivity index (χ0v) is 13.4. The first-order valence-electron chi connectivity index (χ1n) is 7.16. The van der Waals surface area contributed by atoms with Gasteiger partial charge in [-0.05, 0) is 36.2 Å². The molecule has 2 aromatic rings. The van der Waals surface area contributed by atoms with E-state index in [9.17, 15) is 4.79 Å². The highest BCUT2D eigenvalue weighted by Gasteiger charge is 2.37. The Morgan fingerprint density at radius 2 is 2.22 bits per heavy atom. The first-order chi connectivity index (χ1) is 11.1. The van der Waals surface area contributed by atoms with Crippen LogP contribution >= 0.6 is 11.6 Å². The molecule has 1 amide bonds. The molecular formula is C16H14ClN5O. The summed E-state index contributed by atoms with van der Waals surface area (Å²) in [6.45, 7) is 1.94. The van der Waals surface area contributed by atoms with E-state index in [1.54, 1.807) is 30.1 Å². The zero-order chi connectivity index (χ0) is 16.6. The Labute approximate surface area is 138 Å². The highest BCUT2D eigenvalue weighted by atomic mass is 35.5. The van der Waals surface area contributed by atoms with Crippen molar-refractivity contribution < 1.29 is 4.79 Å². The molecule has 0 radical (unpaired) electrons. The summed E-state index contributed by atoms with van der Waals surface area (Å²) >= 11 is 5.96. The minimum absolute atomic E-state index is 0.0479. The van der Waals surface area contributed by atoms with E-state index in [1.165, 1.54) is 6.20 Å². The fourth-order valence-corrected chi connectivity index (χ4v) is 2.87. The molecule has 1 aromatic heterocycles. The zero-order valence-electron chi connectivity index (χ0n) is 12.7. The topological polar surface area (TPSA) is 73.1 Å². The smallest absolute Gasteiger partial charge is 0.250 e. The molecule has 7 heteroatoms. The maximum Gasteiger partial charge on any atom is 0.250 e. The predicted molar refractivity (Wildman–Crippen MR) is 87.8 cm³/mol. The van der Waals surface area contributed by atoms with Gasteiger partial charge in [0, 0.05) is 12.7 Å². The first kappa shape index (κ1) is 15.3. The van der Waals surface area contributed by atoms with Crippen LogP contribution in [0.2, 0.25) is 5.28 Å². The Balaban J connectivity index is 2.23. The lowest BCUT2D eigenvalue weighted by atomic mass is 10.1. The number of likely N-dealkylation sites (N-methyl/N-ethyl adjacent to an activating group) is 1. The first-order valence-corrected chi connectivity index (χ1v) is 7.54. The lowest BCUT2D eigenvalue weighted by Gasteiger charge is -2.40. The number of benzene rings is 1. The van der Waals surface area contributed by atoms with Gasteiger partial charge in [0.1, 0.15) is 11.7 Å². The van der Waals surface area contributed by atoms with E-state index in [0.29, 0.717) is 23.5 Å². The molecule has 116 valence electrons. The number of hydrogen-bond acceptors (Lipinski definition) is 5. The van der Waals surface area contributed by atoms with Crippen molar-refractivity contribution in [2.75, 3.05) is 16.8 Å². The lowest BCUT2D eigenvalue weighted by molar-refractivity contribution is -0.119. The van der Waals surface area contributed by atoms with Gasteiger partial charge in [0.05, 0.1) is 17.8 Å². The highest BCUT2D eigenvalue weighted by Crippen LogP contribution is 2.39. The third-order valence-electron chi connectivity index (χ3n) is 3.88. The van der Waals surface area contributed by atoms with Gasteiger partial charge in [0.2, 0.25) is 11.2 Å². The van der Waals surface area contributed by atoms with Crippen molar-refractivity contribution in [2.45, 2.75) is 19.4 Å². The van der Waals surface area contributed by atoms with E-state index >= 15 is 0 Å². The van der Waals surface area contributed by atoms with E-state index in [1.807, 2.05) is 17.9 Å². The largest absolute Gasteiger partial charge is 0.312 e. The molecule has 0 bridgehead atoms. The molecule has 1 aromatic carbocycles. The Hall–Kier alpha value is -2.65. The molecule has 1 aliphatic heterocycles. The van der Waals surface area contributed by atoms with E-state index in [2.05, 4.69) is 16.0 Å². The molecule has 1 unspecified atom stereocenters. The monoisotopic (exact) mass is 327 g/mol. The van der Waals surface area contributed by atoms with Crippen molar-refractivity contribution in [1.29, 1.82) is 5.26 Å². The molecule has 2 heterocycles. The normalized spacial score (nSPS) is 17.0. The van der Waals surface area contributed by atoms with Crippen LogP contribution in [0.15, 0.2) is 30.5 Å². The van der Waals surface area contributed by atoms with Gasteiger partial charge in [-0.1, -0.05) is 13.0 Å². The van der Waals surface area contributed by atoms with Crippen molar-refractivity contribution in [3.63, 3.8) is 0 Å². The SMILES string of the molecule is CCC1C(=O)N(C)c2cnc(Cl)nc2N1c1cccc(C#N)c1. The van der Waals surface area contributed by atoms with Crippen LogP contribution in [-0.2, 0) is 4.79 Å². The number of hydrogen-bond donors (Lipinski definition) is 0. The molecule has 0 spiro atoms. The standard InChI is InChI=1S/C16H14ClN5O/c1-3-12-15(23)21(2)13-9-19-16(17)20-14(13)22(12)11-6-4-5-10(7-11)8-18/h4-7,9,12H,3H2,1-2H3. The van der Waals surface area contributed by atoms with Gasteiger partial charge in [-0.2, -0.15) is 10.2 Å². The molecule has 23 heavy (non-hydrogen) atoms. The summed E-state index contributed by atoms with van der Waals surface area (Å²) in [4.78, 5) is 24.3. The van der Waals surface area contributed by atoms with Gasteiger partial charge in [-0.25, -0.2) is 4.98 Å². The summed E-state index contributed by atoms with van der Waals surface area (Å²) in [7, 11) is 1.70. The van der Waals surface area contributed by atoms with Crippen LogP contribution in [-0.4, -0.2) is 29.0 Å². The van der Waals surface area contributed by atoms with Gasteiger partial charge >= 0.3 is 0 Å². The van der Waals surface area contributed by atoms with Crippen molar-refractivity contribution in [3.05, 3.63) is 41.3 Å². The highest BCUT2D eigenvalue weighted by molar-refractivity contribution is 6.28. The molecule has 0 saturated heterocycles. The summed E-state index contributed by atoms with van der Waals surface area (Å²) in [5, 5.41) is 9.24. The lowest BCUT2D eigenvalue weighted by Crippen LogP contribution is -2.50. The third-order valence-corrected chi connectivity index (χ3v) is 4.06. The average Bonchev–Trinajstić information content (AvgIpc) is 2.57. The molecule has 1 aliphatic rings. The van der Waals surface area contributed by atoms with Crippen LogP contribution in [0.5, 0.6) is 0 Å². The van der Waals surface area contributed by atoms with Crippen LogP contribution in [0.3, 0.4) is 0 Å². The van der Waals surface area contributed by atoms with Crippen molar-refractivity contribution in [2.24, 2.45) is 0 Å². The molecule has 0 fully saturated rings. The number of aromatic nitrogens is 2. The Bertz CT molecular complexity index is 816. The van der Waals surface area contributed by atoms with Crippen molar-refractivity contribution >= 4 is 34.7 Å². The van der Waals surface area contributed by atoms with E-state index in [4.69, 9.17) is 16.9 Å². The number of fused-ring (bicyclic) bond motifs is 1. The summed E-state index contributed by atoms with van der Waals surface area (Å²) in [6, 6.07) is 8.79. The summed E-state index contributed by atoms with van der Waals surface area (Å²) in [5.74, 6) is 0.516. The maximum atomic E-state index is 12.7. The van der Waals surface area contributed by atoms with Gasteiger partial charge in [0.25, 0.3) is 0 Å². The fourth-order valence-electron chi connectivity index (χ4n) is 2.74. The molecule has 0 N–H and O–H groups in total.